The summed E-state index contributed by atoms with van der Waals surface area (Å²) in [6.45, 7) is 2.71. The van der Waals surface area contributed by atoms with Crippen molar-refractivity contribution >= 4 is 44.0 Å². The topological polar surface area (TPSA) is 86.1 Å². The van der Waals surface area contributed by atoms with Gasteiger partial charge in [-0.1, -0.05) is 57.0 Å². The summed E-state index contributed by atoms with van der Waals surface area (Å²) in [5.41, 5.74) is 1.31. The number of para-hydroxylation sites is 2. The van der Waals surface area contributed by atoms with Crippen molar-refractivity contribution in [2.24, 2.45) is 0 Å². The zero-order chi connectivity index (χ0) is 17.7. The summed E-state index contributed by atoms with van der Waals surface area (Å²) in [6.07, 6.45) is 3.10. The zero-order valence-corrected chi connectivity index (χ0v) is 15.5. The molecule has 0 fully saturated rings. The molecular weight excluding hydrogens is 356 g/mol. The van der Waals surface area contributed by atoms with E-state index in [2.05, 4.69) is 26.9 Å². The molecule has 0 spiro atoms. The van der Waals surface area contributed by atoms with Gasteiger partial charge in [0.25, 0.3) is 10.0 Å². The average molecular weight is 375 g/mol. The van der Waals surface area contributed by atoms with Crippen LogP contribution in [0.2, 0.25) is 0 Å². The highest BCUT2D eigenvalue weighted by atomic mass is 32.2. The first kappa shape index (κ1) is 17.6. The summed E-state index contributed by atoms with van der Waals surface area (Å²) in [5.74, 6) is 0.499. The Morgan fingerprint density at radius 3 is 2.52 bits per heavy atom. The molecule has 6 nitrogen and oxygen atoms in total. The number of anilines is 1. The fourth-order valence-corrected chi connectivity index (χ4v) is 4.31. The molecule has 0 saturated heterocycles. The number of hydrogen-bond donors (Lipinski definition) is 1. The number of thiophene rings is 1. The lowest BCUT2D eigenvalue weighted by molar-refractivity contribution is 0.603. The molecule has 0 bridgehead atoms. The Morgan fingerprint density at radius 2 is 1.84 bits per heavy atom. The minimum atomic E-state index is -3.69. The van der Waals surface area contributed by atoms with Gasteiger partial charge < -0.3 is 10.3 Å². The quantitative estimate of drug-likeness (QED) is 0.579. The number of rotatable bonds is 8. The standard InChI is InChI=1S/C17H19N4O2S2/c1-2-3-6-11-18-16-17(20-14-9-5-4-8-13(14)19-16)21-25(22,23)15-10-7-12-24-15/h4-5,7-10,12H,2-3,6,11H2,1H3,(H-,18,19,20,21)/q-1. The van der Waals surface area contributed by atoms with Crippen LogP contribution in [0.3, 0.4) is 0 Å². The Hall–Kier alpha value is -2.19. The molecule has 8 heteroatoms. The predicted octanol–water partition coefficient (Wildman–Crippen LogP) is 4.69. The fourth-order valence-electron chi connectivity index (χ4n) is 2.31. The highest BCUT2D eigenvalue weighted by Crippen LogP contribution is 2.30. The molecular formula is C17H19N4O2S2-. The van der Waals surface area contributed by atoms with E-state index in [0.717, 1.165) is 30.6 Å². The van der Waals surface area contributed by atoms with Gasteiger partial charge in [0.1, 0.15) is 10.0 Å². The highest BCUT2D eigenvalue weighted by molar-refractivity contribution is 7.94. The summed E-state index contributed by atoms with van der Waals surface area (Å²) in [4.78, 5) is 8.91. The van der Waals surface area contributed by atoms with Crippen LogP contribution in [-0.4, -0.2) is 24.9 Å². The lowest BCUT2D eigenvalue weighted by Crippen LogP contribution is -2.13. The number of sulfonamides is 1. The van der Waals surface area contributed by atoms with Gasteiger partial charge in [-0.15, -0.1) is 11.3 Å². The number of nitrogens with zero attached hydrogens (tertiary/aromatic N) is 3. The molecule has 3 rings (SSSR count). The van der Waals surface area contributed by atoms with Crippen molar-refractivity contribution in [3.8, 4) is 0 Å². The lowest BCUT2D eigenvalue weighted by atomic mass is 10.2. The monoisotopic (exact) mass is 375 g/mol. The molecule has 0 amide bonds. The lowest BCUT2D eigenvalue weighted by Gasteiger charge is -2.20. The molecule has 0 aliphatic carbocycles. The van der Waals surface area contributed by atoms with Crippen LogP contribution in [0.25, 0.3) is 16.4 Å². The molecule has 0 unspecified atom stereocenters. The highest BCUT2D eigenvalue weighted by Gasteiger charge is 2.17. The van der Waals surface area contributed by atoms with Crippen LogP contribution in [0, 0.1) is 0 Å². The van der Waals surface area contributed by atoms with E-state index in [9.17, 15) is 8.42 Å². The number of hydrogen-bond acceptors (Lipinski definition) is 5. The van der Waals surface area contributed by atoms with Gasteiger partial charge in [0.15, 0.2) is 0 Å². The zero-order valence-electron chi connectivity index (χ0n) is 13.8. The largest absolute Gasteiger partial charge is 0.463 e. The summed E-state index contributed by atoms with van der Waals surface area (Å²) in [5, 5.41) is 6.18. The van der Waals surface area contributed by atoms with Crippen LogP contribution in [0.1, 0.15) is 26.2 Å². The Bertz CT molecular complexity index is 940. The number of nitrogens with one attached hydrogen (secondary N) is 1. The van der Waals surface area contributed by atoms with Gasteiger partial charge in [0.2, 0.25) is 0 Å². The minimum Gasteiger partial charge on any atom is -0.463 e. The van der Waals surface area contributed by atoms with Gasteiger partial charge in [0, 0.05) is 0 Å². The molecule has 2 heterocycles. The van der Waals surface area contributed by atoms with Gasteiger partial charge in [-0.05, 0) is 28.8 Å². The third-order valence-electron chi connectivity index (χ3n) is 3.57. The summed E-state index contributed by atoms with van der Waals surface area (Å²) >= 11 is 1.15. The molecule has 0 saturated carbocycles. The van der Waals surface area contributed by atoms with Crippen molar-refractivity contribution in [3.05, 3.63) is 47.1 Å². The third kappa shape index (κ3) is 4.26. The van der Waals surface area contributed by atoms with E-state index in [1.165, 1.54) is 0 Å². The predicted molar refractivity (Wildman–Crippen MR) is 102 cm³/mol. The van der Waals surface area contributed by atoms with Gasteiger partial charge >= 0.3 is 0 Å². The van der Waals surface area contributed by atoms with Crippen LogP contribution >= 0.6 is 11.3 Å². The first-order valence-corrected chi connectivity index (χ1v) is 10.5. The summed E-state index contributed by atoms with van der Waals surface area (Å²) < 4.78 is 27.8. The Morgan fingerprint density at radius 1 is 1.08 bits per heavy atom. The molecule has 0 aliphatic heterocycles. The second-order valence-electron chi connectivity index (χ2n) is 5.51. The van der Waals surface area contributed by atoms with Crippen molar-refractivity contribution in [3.63, 3.8) is 0 Å². The Kier molecular flexibility index (Phi) is 5.50. The average Bonchev–Trinajstić information content (AvgIpc) is 3.14. The molecule has 2 aromatic heterocycles. The number of fused-ring (bicyclic) bond motifs is 1. The Balaban J connectivity index is 1.93. The van der Waals surface area contributed by atoms with E-state index in [0.29, 0.717) is 23.4 Å². The van der Waals surface area contributed by atoms with Crippen LogP contribution in [0.4, 0.5) is 11.6 Å². The van der Waals surface area contributed by atoms with E-state index in [1.807, 2.05) is 18.2 Å². The molecule has 0 atom stereocenters. The van der Waals surface area contributed by atoms with Gasteiger partial charge in [0.05, 0.1) is 5.52 Å². The molecule has 3 aromatic rings. The van der Waals surface area contributed by atoms with E-state index in [4.69, 9.17) is 0 Å². The van der Waals surface area contributed by atoms with Gasteiger partial charge in [-0.3, -0.25) is 4.72 Å². The number of aromatic nitrogens is 2. The molecule has 0 aliphatic rings. The normalized spacial score (nSPS) is 11.6. The van der Waals surface area contributed by atoms with E-state index in [1.54, 1.807) is 23.6 Å². The second kappa shape index (κ2) is 7.79. The van der Waals surface area contributed by atoms with Crippen LogP contribution in [-0.2, 0) is 10.0 Å². The Labute approximate surface area is 151 Å². The van der Waals surface area contributed by atoms with Crippen molar-refractivity contribution < 1.29 is 8.42 Å². The molecule has 0 radical (unpaired) electrons. The van der Waals surface area contributed by atoms with E-state index in [-0.39, 0.29) is 10.0 Å². The van der Waals surface area contributed by atoms with Gasteiger partial charge in [-0.25, -0.2) is 13.4 Å². The van der Waals surface area contributed by atoms with Crippen molar-refractivity contribution in [2.75, 3.05) is 11.3 Å². The maximum Gasteiger partial charge on any atom is 0.272 e. The first-order chi connectivity index (χ1) is 12.1. The van der Waals surface area contributed by atoms with Crippen molar-refractivity contribution in [1.29, 1.82) is 0 Å². The molecule has 25 heavy (non-hydrogen) atoms. The molecule has 1 aromatic carbocycles. The maximum absolute atomic E-state index is 12.5. The smallest absolute Gasteiger partial charge is 0.272 e. The second-order valence-corrected chi connectivity index (χ2v) is 8.37. The van der Waals surface area contributed by atoms with Crippen LogP contribution in [0.15, 0.2) is 46.0 Å². The van der Waals surface area contributed by atoms with Gasteiger partial charge in [-0.2, -0.15) is 0 Å². The SMILES string of the molecule is CCCCC[N-]c1nc2ccccc2nc1NS(=O)(=O)c1cccs1. The van der Waals surface area contributed by atoms with E-state index >= 15 is 0 Å². The van der Waals surface area contributed by atoms with E-state index < -0.39 is 10.0 Å². The number of unbranched alkanes of at least 4 members (excludes halogenated alkanes) is 2. The summed E-state index contributed by atoms with van der Waals surface area (Å²) in [7, 11) is -3.69. The molecule has 1 N–H and O–H groups in total. The maximum atomic E-state index is 12.5. The van der Waals surface area contributed by atoms with Crippen LogP contribution in [0.5, 0.6) is 0 Å². The molecule has 132 valence electrons. The summed E-state index contributed by atoms with van der Waals surface area (Å²) in [6, 6.07) is 10.6. The third-order valence-corrected chi connectivity index (χ3v) is 6.30. The minimum absolute atomic E-state index is 0.170. The van der Waals surface area contributed by atoms with Crippen molar-refractivity contribution in [1.82, 2.24) is 9.97 Å². The first-order valence-electron chi connectivity index (χ1n) is 8.11. The van der Waals surface area contributed by atoms with Crippen LogP contribution < -0.4 is 4.72 Å². The van der Waals surface area contributed by atoms with Crippen molar-refractivity contribution in [2.45, 2.75) is 30.4 Å². The fraction of sp³-hybridized carbons (Fsp3) is 0.294. The number of benzene rings is 1.